The van der Waals surface area contributed by atoms with Crippen molar-refractivity contribution >= 4 is 28.5 Å². The molecule has 2 aromatic carbocycles. The highest BCUT2D eigenvalue weighted by molar-refractivity contribution is 6.30. The fraction of sp³-hybridized carbons (Fsp3) is 0.407. The zero-order valence-electron chi connectivity index (χ0n) is 20.5. The number of hydrogen-bond donors (Lipinski definition) is 2. The Morgan fingerprint density at radius 3 is 2.64 bits per heavy atom. The minimum atomic E-state index is -1.35. The monoisotopic (exact) mass is 516 g/mol. The number of carboxylic acids is 1. The molecule has 2 N–H and O–H groups in total. The average Bonchev–Trinajstić information content (AvgIpc) is 3.23. The van der Waals surface area contributed by atoms with Gasteiger partial charge in [-0.05, 0) is 42.6 Å². The number of benzene rings is 2. The quantitative estimate of drug-likeness (QED) is 0.462. The lowest BCUT2D eigenvalue weighted by atomic mass is 9.98. The van der Waals surface area contributed by atoms with Gasteiger partial charge >= 0.3 is 5.97 Å². The van der Waals surface area contributed by atoms with Crippen molar-refractivity contribution in [3.63, 3.8) is 0 Å². The second-order valence-electron chi connectivity index (χ2n) is 9.74. The van der Waals surface area contributed by atoms with Gasteiger partial charge in [-0.2, -0.15) is 0 Å². The first-order chi connectivity index (χ1) is 17.1. The van der Waals surface area contributed by atoms with Crippen LogP contribution in [0.5, 0.6) is 5.75 Å². The van der Waals surface area contributed by atoms with Crippen LogP contribution in [-0.2, 0) is 6.42 Å². The second-order valence-corrected chi connectivity index (χ2v) is 10.1. The number of aliphatic hydroxyl groups is 1. The summed E-state index contributed by atoms with van der Waals surface area (Å²) in [4.78, 5) is 27.3. The van der Waals surface area contributed by atoms with E-state index in [1.165, 1.54) is 12.3 Å². The Balaban J connectivity index is 1.97. The number of aromatic nitrogens is 1. The third kappa shape index (κ3) is 5.12. The molecule has 36 heavy (non-hydrogen) atoms. The molecule has 0 unspecified atom stereocenters. The molecule has 0 spiro atoms. The molecule has 0 saturated carbocycles. The molecule has 2 atom stereocenters. The van der Waals surface area contributed by atoms with Crippen LogP contribution in [0.3, 0.4) is 0 Å². The summed E-state index contributed by atoms with van der Waals surface area (Å²) in [7, 11) is 2.01. The molecule has 0 aliphatic carbocycles. The van der Waals surface area contributed by atoms with Crippen LogP contribution in [0.1, 0.15) is 47.8 Å². The Bertz CT molecular complexity index is 1360. The van der Waals surface area contributed by atoms with Gasteiger partial charge in [0.05, 0.1) is 23.2 Å². The third-order valence-corrected chi connectivity index (χ3v) is 7.10. The molecule has 7 nitrogen and oxygen atoms in total. The van der Waals surface area contributed by atoms with E-state index in [0.29, 0.717) is 22.4 Å². The molecule has 1 aliphatic heterocycles. The molecule has 0 amide bonds. The van der Waals surface area contributed by atoms with Crippen molar-refractivity contribution in [2.45, 2.75) is 38.8 Å². The molecule has 9 heteroatoms. The maximum atomic E-state index is 14.8. The number of carboxylic acid groups (broad SMARTS) is 1. The standard InChI is InChI=1S/C27H30ClFN2O5/c1-15(2)23(14-32)31-13-20(27(34)35)26(33)19-10-17(9-16-5-4-6-21(28)25(16)29)24(11-22(19)31)36-18-7-8-30(3)12-18/h4-6,10-11,13,15,18,23,32H,7-9,12,14H2,1-3H3,(H,34,35)/t18-,23+/m0/s1. The number of fused-ring (bicyclic) bond motifs is 1. The van der Waals surface area contributed by atoms with Gasteiger partial charge in [0.15, 0.2) is 0 Å². The van der Waals surface area contributed by atoms with Crippen LogP contribution in [0, 0.1) is 11.7 Å². The van der Waals surface area contributed by atoms with Crippen LogP contribution in [0.15, 0.2) is 41.3 Å². The Hall–Kier alpha value is -2.94. The van der Waals surface area contributed by atoms with Crippen molar-refractivity contribution in [2.75, 3.05) is 26.7 Å². The number of nitrogens with zero attached hydrogens (tertiary/aromatic N) is 2. The summed E-state index contributed by atoms with van der Waals surface area (Å²) in [5, 5.41) is 20.0. The summed E-state index contributed by atoms with van der Waals surface area (Å²) in [6.07, 6.45) is 2.12. The molecule has 2 heterocycles. The third-order valence-electron chi connectivity index (χ3n) is 6.81. The number of aromatic carboxylic acids is 1. The number of halogens is 2. The Morgan fingerprint density at radius 2 is 2.03 bits per heavy atom. The number of rotatable bonds is 8. The summed E-state index contributed by atoms with van der Waals surface area (Å²) in [6.45, 7) is 5.18. The molecule has 4 rings (SSSR count). The van der Waals surface area contributed by atoms with Gasteiger partial charge in [0.1, 0.15) is 23.2 Å². The Kier molecular flexibility index (Phi) is 7.68. The first kappa shape index (κ1) is 26.1. The number of likely N-dealkylation sites (N-methyl/N-ethyl adjacent to an activating group) is 1. The number of aliphatic hydroxyl groups excluding tert-OH is 1. The maximum absolute atomic E-state index is 14.8. The Morgan fingerprint density at radius 1 is 1.28 bits per heavy atom. The van der Waals surface area contributed by atoms with Gasteiger partial charge in [-0.3, -0.25) is 4.79 Å². The second kappa shape index (κ2) is 10.6. The minimum absolute atomic E-state index is 0.00795. The van der Waals surface area contributed by atoms with Crippen molar-refractivity contribution in [3.8, 4) is 5.75 Å². The molecule has 0 bridgehead atoms. The highest BCUT2D eigenvalue weighted by Crippen LogP contribution is 2.33. The van der Waals surface area contributed by atoms with Gasteiger partial charge in [0.2, 0.25) is 5.43 Å². The average molecular weight is 517 g/mol. The van der Waals surface area contributed by atoms with Crippen molar-refractivity contribution in [1.29, 1.82) is 0 Å². The SMILES string of the molecule is CC(C)[C@@H](CO)n1cc(C(=O)O)c(=O)c2cc(Cc3cccc(Cl)c3F)c(O[C@H]3CCN(C)C3)cc21. The summed E-state index contributed by atoms with van der Waals surface area (Å²) in [5.41, 5.74) is 0.297. The highest BCUT2D eigenvalue weighted by atomic mass is 35.5. The maximum Gasteiger partial charge on any atom is 0.341 e. The van der Waals surface area contributed by atoms with Crippen LogP contribution < -0.4 is 10.2 Å². The molecular formula is C27H30ClFN2O5. The van der Waals surface area contributed by atoms with Crippen LogP contribution in [-0.4, -0.2) is 58.5 Å². The molecule has 1 aromatic heterocycles. The molecular weight excluding hydrogens is 487 g/mol. The zero-order chi connectivity index (χ0) is 26.1. The normalized spacial score (nSPS) is 17.1. The predicted molar refractivity (Wildman–Crippen MR) is 137 cm³/mol. The number of ether oxygens (including phenoxy) is 1. The first-order valence-electron chi connectivity index (χ1n) is 11.9. The van der Waals surface area contributed by atoms with E-state index in [1.54, 1.807) is 28.8 Å². The molecule has 3 aromatic rings. The van der Waals surface area contributed by atoms with E-state index in [2.05, 4.69) is 4.90 Å². The molecule has 1 aliphatic rings. The van der Waals surface area contributed by atoms with Gasteiger partial charge < -0.3 is 24.4 Å². The van der Waals surface area contributed by atoms with Crippen LogP contribution in [0.2, 0.25) is 5.02 Å². The first-order valence-corrected chi connectivity index (χ1v) is 12.3. The van der Waals surface area contributed by atoms with Gasteiger partial charge in [-0.15, -0.1) is 0 Å². The van der Waals surface area contributed by atoms with Gasteiger partial charge in [0, 0.05) is 37.2 Å². The number of carbonyl (C=O) groups is 1. The summed E-state index contributed by atoms with van der Waals surface area (Å²) < 4.78 is 22.8. The largest absolute Gasteiger partial charge is 0.489 e. The van der Waals surface area contributed by atoms with Crippen LogP contribution in [0.25, 0.3) is 10.9 Å². The van der Waals surface area contributed by atoms with E-state index >= 15 is 0 Å². The highest BCUT2D eigenvalue weighted by Gasteiger charge is 2.26. The van der Waals surface area contributed by atoms with Crippen LogP contribution >= 0.6 is 11.6 Å². The van der Waals surface area contributed by atoms with E-state index in [0.717, 1.165) is 19.5 Å². The topological polar surface area (TPSA) is 92.0 Å². The number of hydrogen-bond acceptors (Lipinski definition) is 5. The van der Waals surface area contributed by atoms with Gasteiger partial charge in [0.25, 0.3) is 0 Å². The lowest BCUT2D eigenvalue weighted by Crippen LogP contribution is -2.26. The number of likely N-dealkylation sites (tertiary alicyclic amines) is 1. The summed E-state index contributed by atoms with van der Waals surface area (Å²) >= 11 is 6.00. The lowest BCUT2D eigenvalue weighted by molar-refractivity contribution is 0.0694. The molecule has 192 valence electrons. The summed E-state index contributed by atoms with van der Waals surface area (Å²) in [6, 6.07) is 7.56. The molecule has 0 radical (unpaired) electrons. The fourth-order valence-electron chi connectivity index (χ4n) is 4.78. The lowest BCUT2D eigenvalue weighted by Gasteiger charge is -2.26. The predicted octanol–water partition coefficient (Wildman–Crippen LogP) is 4.36. The van der Waals surface area contributed by atoms with E-state index in [4.69, 9.17) is 16.3 Å². The molecule has 1 saturated heterocycles. The number of pyridine rings is 1. The Labute approximate surface area is 213 Å². The van der Waals surface area contributed by atoms with Crippen molar-refractivity contribution in [3.05, 3.63) is 74.3 Å². The van der Waals surface area contributed by atoms with Gasteiger partial charge in [-0.25, -0.2) is 9.18 Å². The van der Waals surface area contributed by atoms with Gasteiger partial charge in [-0.1, -0.05) is 37.6 Å². The summed E-state index contributed by atoms with van der Waals surface area (Å²) in [5.74, 6) is -1.47. The van der Waals surface area contributed by atoms with Crippen molar-refractivity contribution < 1.29 is 24.1 Å². The van der Waals surface area contributed by atoms with E-state index < -0.39 is 28.8 Å². The zero-order valence-corrected chi connectivity index (χ0v) is 21.3. The fourth-order valence-corrected chi connectivity index (χ4v) is 4.97. The van der Waals surface area contributed by atoms with Crippen molar-refractivity contribution in [2.24, 2.45) is 5.92 Å². The van der Waals surface area contributed by atoms with E-state index in [-0.39, 0.29) is 35.5 Å². The van der Waals surface area contributed by atoms with E-state index in [1.807, 2.05) is 20.9 Å². The van der Waals surface area contributed by atoms with Crippen molar-refractivity contribution in [1.82, 2.24) is 9.47 Å². The molecule has 1 fully saturated rings. The minimum Gasteiger partial charge on any atom is -0.489 e. The van der Waals surface area contributed by atoms with E-state index in [9.17, 15) is 24.2 Å². The van der Waals surface area contributed by atoms with Crippen LogP contribution in [0.4, 0.5) is 4.39 Å². The smallest absolute Gasteiger partial charge is 0.341 e.